The Morgan fingerprint density at radius 1 is 1.38 bits per heavy atom. The molecule has 0 atom stereocenters. The van der Waals surface area contributed by atoms with Gasteiger partial charge in [-0.15, -0.1) is 0 Å². The van der Waals surface area contributed by atoms with Crippen molar-refractivity contribution in [1.82, 2.24) is 25.1 Å². The molecule has 2 heterocycles. The van der Waals surface area contributed by atoms with Crippen LogP contribution in [-0.4, -0.2) is 26.8 Å². The minimum absolute atomic E-state index is 0.775. The molecule has 2 aromatic rings. The maximum atomic E-state index is 4.36. The summed E-state index contributed by atoms with van der Waals surface area (Å²) in [4.78, 5) is 8.43. The van der Waals surface area contributed by atoms with Crippen molar-refractivity contribution in [2.75, 3.05) is 7.05 Å². The van der Waals surface area contributed by atoms with Crippen LogP contribution in [0, 0.1) is 13.8 Å². The second-order valence-corrected chi connectivity index (χ2v) is 3.65. The Hall–Kier alpha value is -1.75. The summed E-state index contributed by atoms with van der Waals surface area (Å²) in [5, 5.41) is 7.49. The van der Waals surface area contributed by atoms with Gasteiger partial charge in [0.1, 0.15) is 11.6 Å². The number of nitrogens with zero attached hydrogens (tertiary/aromatic N) is 4. The SMILES string of the molecule is CNCc1ccncc1-n1nc(C)nc1C. The van der Waals surface area contributed by atoms with Crippen LogP contribution < -0.4 is 5.32 Å². The summed E-state index contributed by atoms with van der Waals surface area (Å²) in [6.45, 7) is 4.62. The average Bonchev–Trinajstić information content (AvgIpc) is 2.59. The van der Waals surface area contributed by atoms with Crippen LogP contribution in [0.25, 0.3) is 5.69 Å². The first-order valence-corrected chi connectivity index (χ1v) is 5.20. The van der Waals surface area contributed by atoms with E-state index in [1.165, 1.54) is 0 Å². The predicted molar refractivity (Wildman–Crippen MR) is 61.4 cm³/mol. The standard InChI is InChI=1S/C11H15N5/c1-8-14-9(2)16(15-8)11-7-13-5-4-10(11)6-12-3/h4-5,7,12H,6H2,1-3H3. The second kappa shape index (κ2) is 4.40. The zero-order valence-corrected chi connectivity index (χ0v) is 9.73. The van der Waals surface area contributed by atoms with Crippen LogP contribution in [0.4, 0.5) is 0 Å². The lowest BCUT2D eigenvalue weighted by atomic mass is 10.2. The van der Waals surface area contributed by atoms with Crippen molar-refractivity contribution in [3.05, 3.63) is 35.7 Å². The number of hydrogen-bond donors (Lipinski definition) is 1. The Morgan fingerprint density at radius 2 is 2.19 bits per heavy atom. The number of aromatic nitrogens is 4. The van der Waals surface area contributed by atoms with Gasteiger partial charge in [-0.25, -0.2) is 9.67 Å². The number of hydrogen-bond acceptors (Lipinski definition) is 4. The Balaban J connectivity index is 2.50. The van der Waals surface area contributed by atoms with Crippen LogP contribution >= 0.6 is 0 Å². The van der Waals surface area contributed by atoms with Gasteiger partial charge in [0, 0.05) is 12.7 Å². The Labute approximate surface area is 94.5 Å². The molecule has 1 N–H and O–H groups in total. The van der Waals surface area contributed by atoms with Crippen molar-refractivity contribution < 1.29 is 0 Å². The molecule has 0 fully saturated rings. The third kappa shape index (κ3) is 1.94. The highest BCUT2D eigenvalue weighted by atomic mass is 15.3. The molecule has 2 rings (SSSR count). The van der Waals surface area contributed by atoms with Gasteiger partial charge in [-0.1, -0.05) is 0 Å². The van der Waals surface area contributed by atoms with Gasteiger partial charge in [-0.2, -0.15) is 5.10 Å². The van der Waals surface area contributed by atoms with Crippen molar-refractivity contribution in [2.24, 2.45) is 0 Å². The van der Waals surface area contributed by atoms with Crippen LogP contribution in [0.3, 0.4) is 0 Å². The fourth-order valence-corrected chi connectivity index (χ4v) is 1.69. The molecule has 84 valence electrons. The third-order valence-corrected chi connectivity index (χ3v) is 2.36. The van der Waals surface area contributed by atoms with Crippen molar-refractivity contribution >= 4 is 0 Å². The smallest absolute Gasteiger partial charge is 0.148 e. The number of aryl methyl sites for hydroxylation is 2. The van der Waals surface area contributed by atoms with Crippen LogP contribution in [0.15, 0.2) is 18.5 Å². The molecule has 0 unspecified atom stereocenters. The molecule has 0 aliphatic carbocycles. The summed E-state index contributed by atoms with van der Waals surface area (Å²) in [6, 6.07) is 1.99. The van der Waals surface area contributed by atoms with E-state index >= 15 is 0 Å². The van der Waals surface area contributed by atoms with Gasteiger partial charge in [0.2, 0.25) is 0 Å². The van der Waals surface area contributed by atoms with Crippen molar-refractivity contribution in [3.8, 4) is 5.69 Å². The average molecular weight is 217 g/mol. The zero-order valence-electron chi connectivity index (χ0n) is 9.73. The largest absolute Gasteiger partial charge is 0.316 e. The molecular formula is C11H15N5. The number of rotatable bonds is 3. The van der Waals surface area contributed by atoms with Crippen LogP contribution in [0.1, 0.15) is 17.2 Å². The van der Waals surface area contributed by atoms with E-state index in [-0.39, 0.29) is 0 Å². The molecule has 0 aromatic carbocycles. The first-order chi connectivity index (χ1) is 7.72. The topological polar surface area (TPSA) is 55.6 Å². The van der Waals surface area contributed by atoms with E-state index in [0.717, 1.165) is 29.4 Å². The molecule has 0 bridgehead atoms. The highest BCUT2D eigenvalue weighted by Gasteiger charge is 2.09. The van der Waals surface area contributed by atoms with Gasteiger partial charge in [0.25, 0.3) is 0 Å². The molecule has 0 spiro atoms. The van der Waals surface area contributed by atoms with Gasteiger partial charge in [0.05, 0.1) is 11.9 Å². The lowest BCUT2D eigenvalue weighted by Gasteiger charge is -2.08. The van der Waals surface area contributed by atoms with Crippen LogP contribution in [0.5, 0.6) is 0 Å². The number of pyridine rings is 1. The van der Waals surface area contributed by atoms with E-state index in [9.17, 15) is 0 Å². The molecule has 0 amide bonds. The highest BCUT2D eigenvalue weighted by Crippen LogP contribution is 2.13. The Morgan fingerprint density at radius 3 is 2.81 bits per heavy atom. The maximum Gasteiger partial charge on any atom is 0.148 e. The summed E-state index contributed by atoms with van der Waals surface area (Å²) in [6.07, 6.45) is 3.60. The minimum Gasteiger partial charge on any atom is -0.316 e. The maximum absolute atomic E-state index is 4.36. The van der Waals surface area contributed by atoms with Gasteiger partial charge in [-0.3, -0.25) is 4.98 Å². The monoisotopic (exact) mass is 217 g/mol. The zero-order chi connectivity index (χ0) is 11.5. The lowest BCUT2D eigenvalue weighted by molar-refractivity contribution is 0.769. The molecular weight excluding hydrogens is 202 g/mol. The summed E-state index contributed by atoms with van der Waals surface area (Å²) in [7, 11) is 1.92. The van der Waals surface area contributed by atoms with Crippen LogP contribution in [-0.2, 0) is 6.54 Å². The lowest BCUT2D eigenvalue weighted by Crippen LogP contribution is -2.11. The fourth-order valence-electron chi connectivity index (χ4n) is 1.69. The van der Waals surface area contributed by atoms with Gasteiger partial charge in [-0.05, 0) is 32.5 Å². The predicted octanol–water partition coefficient (Wildman–Crippen LogP) is 0.999. The van der Waals surface area contributed by atoms with E-state index < -0.39 is 0 Å². The Kier molecular flexibility index (Phi) is 2.96. The van der Waals surface area contributed by atoms with Crippen molar-refractivity contribution in [2.45, 2.75) is 20.4 Å². The molecule has 16 heavy (non-hydrogen) atoms. The summed E-state index contributed by atoms with van der Waals surface area (Å²) in [5.74, 6) is 1.65. The van der Waals surface area contributed by atoms with E-state index in [2.05, 4.69) is 20.4 Å². The minimum atomic E-state index is 0.775. The van der Waals surface area contributed by atoms with E-state index in [0.29, 0.717) is 0 Å². The molecule has 0 aliphatic heterocycles. The Bertz CT molecular complexity index is 489. The first-order valence-electron chi connectivity index (χ1n) is 5.20. The first kappa shape index (κ1) is 10.8. The number of nitrogens with one attached hydrogen (secondary N) is 1. The molecule has 0 radical (unpaired) electrons. The summed E-state index contributed by atoms with van der Waals surface area (Å²) in [5.41, 5.74) is 2.14. The molecule has 2 aromatic heterocycles. The molecule has 5 heteroatoms. The van der Waals surface area contributed by atoms with Crippen molar-refractivity contribution in [3.63, 3.8) is 0 Å². The third-order valence-electron chi connectivity index (χ3n) is 2.36. The molecule has 0 aliphatic rings. The summed E-state index contributed by atoms with van der Waals surface area (Å²) < 4.78 is 1.83. The molecule has 0 saturated carbocycles. The van der Waals surface area contributed by atoms with E-state index in [1.54, 1.807) is 6.20 Å². The van der Waals surface area contributed by atoms with Crippen LogP contribution in [0.2, 0.25) is 0 Å². The normalized spacial score (nSPS) is 10.7. The van der Waals surface area contributed by atoms with E-state index in [4.69, 9.17) is 0 Å². The second-order valence-electron chi connectivity index (χ2n) is 3.65. The molecule has 5 nitrogen and oxygen atoms in total. The quantitative estimate of drug-likeness (QED) is 0.833. The van der Waals surface area contributed by atoms with Gasteiger partial charge < -0.3 is 5.32 Å². The van der Waals surface area contributed by atoms with E-state index in [1.807, 2.05) is 37.8 Å². The van der Waals surface area contributed by atoms with Gasteiger partial charge in [0.15, 0.2) is 0 Å². The fraction of sp³-hybridized carbons (Fsp3) is 0.364. The molecule has 0 saturated heterocycles. The van der Waals surface area contributed by atoms with Gasteiger partial charge >= 0.3 is 0 Å². The summed E-state index contributed by atoms with van der Waals surface area (Å²) >= 11 is 0. The van der Waals surface area contributed by atoms with Crippen molar-refractivity contribution in [1.29, 1.82) is 0 Å². The highest BCUT2D eigenvalue weighted by molar-refractivity contribution is 5.38.